The molecule has 4 atom stereocenters. The van der Waals surface area contributed by atoms with Crippen molar-refractivity contribution in [1.82, 2.24) is 25.5 Å². The fourth-order valence-corrected chi connectivity index (χ4v) is 4.68. The number of aromatic nitrogens is 4. The van der Waals surface area contributed by atoms with Gasteiger partial charge in [-0.2, -0.15) is 4.80 Å². The monoisotopic (exact) mass is 339 g/mol. The molecule has 1 aromatic carbocycles. The number of tetrazole rings is 1. The van der Waals surface area contributed by atoms with Crippen molar-refractivity contribution in [2.24, 2.45) is 17.8 Å². The number of carbonyl (C=O) groups is 1. The van der Waals surface area contributed by atoms with Crippen LogP contribution in [0.4, 0.5) is 0 Å². The van der Waals surface area contributed by atoms with Crippen LogP contribution >= 0.6 is 0 Å². The highest BCUT2D eigenvalue weighted by Crippen LogP contribution is 2.49. The summed E-state index contributed by atoms with van der Waals surface area (Å²) in [6.07, 6.45) is 5.34. The van der Waals surface area contributed by atoms with Gasteiger partial charge in [0.05, 0.1) is 0 Å². The van der Waals surface area contributed by atoms with E-state index in [0.717, 1.165) is 23.0 Å². The second kappa shape index (κ2) is 6.58. The zero-order chi connectivity index (χ0) is 17.4. The maximum absolute atomic E-state index is 12.4. The van der Waals surface area contributed by atoms with E-state index in [2.05, 4.69) is 27.7 Å². The summed E-state index contributed by atoms with van der Waals surface area (Å²) in [6, 6.07) is 8.14. The van der Waals surface area contributed by atoms with Gasteiger partial charge in [-0.1, -0.05) is 30.7 Å². The topological polar surface area (TPSA) is 72.7 Å². The van der Waals surface area contributed by atoms with Gasteiger partial charge in [0.15, 0.2) is 0 Å². The highest BCUT2D eigenvalue weighted by molar-refractivity contribution is 5.75. The molecule has 1 amide bonds. The second-order valence-electron chi connectivity index (χ2n) is 7.65. The molecule has 1 N–H and O–H groups in total. The number of nitrogens with zero attached hydrogens (tertiary/aromatic N) is 4. The molecule has 2 fully saturated rings. The SMILES string of the molecule is Cc1ccccc1-c1nnn(CC(=O)NC(C)C2CC3CCC2C3)n1. The summed E-state index contributed by atoms with van der Waals surface area (Å²) in [6.45, 7) is 4.26. The first-order valence-corrected chi connectivity index (χ1v) is 9.23. The lowest BCUT2D eigenvalue weighted by Gasteiger charge is -2.28. The molecule has 132 valence electrons. The molecule has 6 nitrogen and oxygen atoms in total. The molecule has 2 bridgehead atoms. The minimum Gasteiger partial charge on any atom is -0.352 e. The minimum absolute atomic E-state index is 0.0380. The van der Waals surface area contributed by atoms with Crippen LogP contribution in [0.3, 0.4) is 0 Å². The standard InChI is InChI=1S/C19H25N5O/c1-12-5-3-4-6-16(12)19-21-23-24(22-19)11-18(25)20-13(2)17-10-14-7-8-15(17)9-14/h3-6,13-15,17H,7-11H2,1-2H3,(H,20,25). The van der Waals surface area contributed by atoms with E-state index >= 15 is 0 Å². The van der Waals surface area contributed by atoms with Crippen molar-refractivity contribution in [3.8, 4) is 11.4 Å². The zero-order valence-electron chi connectivity index (χ0n) is 14.9. The Balaban J connectivity index is 1.36. The Kier molecular flexibility index (Phi) is 4.27. The molecule has 4 rings (SSSR count). The Labute approximate surface area is 148 Å². The summed E-state index contributed by atoms with van der Waals surface area (Å²) in [5, 5.41) is 15.6. The Morgan fingerprint density at radius 3 is 2.88 bits per heavy atom. The van der Waals surface area contributed by atoms with Crippen LogP contribution < -0.4 is 5.32 Å². The third kappa shape index (κ3) is 3.30. The predicted octanol–water partition coefficient (Wildman–Crippen LogP) is 2.59. The van der Waals surface area contributed by atoms with Gasteiger partial charge in [-0.05, 0) is 61.6 Å². The van der Waals surface area contributed by atoms with E-state index in [-0.39, 0.29) is 18.5 Å². The summed E-state index contributed by atoms with van der Waals surface area (Å²) in [4.78, 5) is 13.7. The number of hydrogen-bond acceptors (Lipinski definition) is 4. The number of hydrogen-bond donors (Lipinski definition) is 1. The molecule has 2 saturated carbocycles. The van der Waals surface area contributed by atoms with Gasteiger partial charge in [-0.3, -0.25) is 4.79 Å². The van der Waals surface area contributed by atoms with Gasteiger partial charge in [-0.15, -0.1) is 10.2 Å². The van der Waals surface area contributed by atoms with E-state index in [9.17, 15) is 4.79 Å². The predicted molar refractivity (Wildman–Crippen MR) is 94.5 cm³/mol. The van der Waals surface area contributed by atoms with Gasteiger partial charge >= 0.3 is 0 Å². The molecule has 1 heterocycles. The number of nitrogens with one attached hydrogen (secondary N) is 1. The highest BCUT2D eigenvalue weighted by atomic mass is 16.2. The molecule has 1 aromatic heterocycles. The van der Waals surface area contributed by atoms with Gasteiger partial charge in [0.25, 0.3) is 0 Å². The Morgan fingerprint density at radius 2 is 2.16 bits per heavy atom. The first-order chi connectivity index (χ1) is 12.1. The van der Waals surface area contributed by atoms with Crippen LogP contribution in [0.25, 0.3) is 11.4 Å². The van der Waals surface area contributed by atoms with E-state index < -0.39 is 0 Å². The Bertz CT molecular complexity index is 771. The van der Waals surface area contributed by atoms with E-state index in [0.29, 0.717) is 11.7 Å². The van der Waals surface area contributed by atoms with E-state index in [1.165, 1.54) is 30.5 Å². The van der Waals surface area contributed by atoms with Crippen molar-refractivity contribution >= 4 is 5.91 Å². The molecule has 2 aliphatic carbocycles. The van der Waals surface area contributed by atoms with E-state index in [1.54, 1.807) is 0 Å². The second-order valence-corrected chi connectivity index (χ2v) is 7.65. The number of benzene rings is 1. The third-order valence-corrected chi connectivity index (χ3v) is 5.95. The highest BCUT2D eigenvalue weighted by Gasteiger charge is 2.42. The number of fused-ring (bicyclic) bond motifs is 2. The molecular formula is C19H25N5O. The summed E-state index contributed by atoms with van der Waals surface area (Å²) in [5.74, 6) is 2.85. The fraction of sp³-hybridized carbons (Fsp3) is 0.579. The van der Waals surface area contributed by atoms with Crippen molar-refractivity contribution in [3.05, 3.63) is 29.8 Å². The molecule has 25 heavy (non-hydrogen) atoms. The largest absolute Gasteiger partial charge is 0.352 e. The maximum Gasteiger partial charge on any atom is 0.243 e. The maximum atomic E-state index is 12.4. The van der Waals surface area contributed by atoms with E-state index in [1.807, 2.05) is 31.2 Å². The summed E-state index contributed by atoms with van der Waals surface area (Å²) < 4.78 is 0. The Hall–Kier alpha value is -2.24. The van der Waals surface area contributed by atoms with Crippen LogP contribution in [0, 0.1) is 24.7 Å². The van der Waals surface area contributed by atoms with Crippen LogP contribution in [0.15, 0.2) is 24.3 Å². The first-order valence-electron chi connectivity index (χ1n) is 9.23. The van der Waals surface area contributed by atoms with Gasteiger partial charge in [0.1, 0.15) is 6.54 Å². The third-order valence-electron chi connectivity index (χ3n) is 5.95. The van der Waals surface area contributed by atoms with Gasteiger partial charge in [0, 0.05) is 11.6 Å². The lowest BCUT2D eigenvalue weighted by atomic mass is 9.84. The molecule has 2 aromatic rings. The molecule has 0 radical (unpaired) electrons. The van der Waals surface area contributed by atoms with Gasteiger partial charge in [-0.25, -0.2) is 0 Å². The number of rotatable bonds is 5. The first kappa shape index (κ1) is 16.2. The smallest absolute Gasteiger partial charge is 0.243 e. The fourth-order valence-electron chi connectivity index (χ4n) is 4.68. The minimum atomic E-state index is -0.0380. The van der Waals surface area contributed by atoms with Crippen molar-refractivity contribution in [1.29, 1.82) is 0 Å². The van der Waals surface area contributed by atoms with Crippen LogP contribution in [0.1, 0.15) is 38.2 Å². The average Bonchev–Trinajstić information content (AvgIpc) is 3.31. The number of carbonyl (C=O) groups excluding carboxylic acids is 1. The molecule has 0 aliphatic heterocycles. The van der Waals surface area contributed by atoms with Crippen molar-refractivity contribution in [2.75, 3.05) is 0 Å². The summed E-state index contributed by atoms with van der Waals surface area (Å²) in [5.41, 5.74) is 2.04. The molecule has 4 unspecified atom stereocenters. The lowest BCUT2D eigenvalue weighted by molar-refractivity contribution is -0.123. The Morgan fingerprint density at radius 1 is 1.32 bits per heavy atom. The quantitative estimate of drug-likeness (QED) is 0.909. The van der Waals surface area contributed by atoms with Crippen molar-refractivity contribution < 1.29 is 4.79 Å². The molecule has 0 spiro atoms. The zero-order valence-corrected chi connectivity index (χ0v) is 14.9. The van der Waals surface area contributed by atoms with Gasteiger partial charge < -0.3 is 5.32 Å². The molecule has 0 saturated heterocycles. The summed E-state index contributed by atoms with van der Waals surface area (Å²) >= 11 is 0. The normalized spacial score (nSPS) is 25.9. The van der Waals surface area contributed by atoms with Crippen LogP contribution in [0.2, 0.25) is 0 Å². The molecule has 2 aliphatic rings. The lowest BCUT2D eigenvalue weighted by Crippen LogP contribution is -2.41. The van der Waals surface area contributed by atoms with Crippen molar-refractivity contribution in [2.45, 2.75) is 52.1 Å². The van der Waals surface area contributed by atoms with Crippen molar-refractivity contribution in [3.63, 3.8) is 0 Å². The average molecular weight is 339 g/mol. The molecule has 6 heteroatoms. The van der Waals surface area contributed by atoms with Crippen LogP contribution in [-0.4, -0.2) is 32.2 Å². The van der Waals surface area contributed by atoms with Crippen LogP contribution in [0.5, 0.6) is 0 Å². The summed E-state index contributed by atoms with van der Waals surface area (Å²) in [7, 11) is 0. The number of amides is 1. The van der Waals surface area contributed by atoms with Crippen LogP contribution in [-0.2, 0) is 11.3 Å². The molecular weight excluding hydrogens is 314 g/mol. The van der Waals surface area contributed by atoms with Gasteiger partial charge in [0.2, 0.25) is 11.7 Å². The van der Waals surface area contributed by atoms with E-state index in [4.69, 9.17) is 0 Å². The number of aryl methyl sites for hydroxylation is 1.